The van der Waals surface area contributed by atoms with Gasteiger partial charge >= 0.3 is 0 Å². The number of rotatable bonds is 5. The fraction of sp³-hybridized carbons (Fsp3) is 0.190. The third-order valence-corrected chi connectivity index (χ3v) is 5.44. The smallest absolute Gasteiger partial charge is 0.277 e. The molecule has 2 aromatic heterocycles. The summed E-state index contributed by atoms with van der Waals surface area (Å²) in [5.74, 6) is 1.85. The van der Waals surface area contributed by atoms with Crippen molar-refractivity contribution in [3.63, 3.8) is 0 Å². The van der Waals surface area contributed by atoms with Crippen LogP contribution in [0.3, 0.4) is 0 Å². The average Bonchev–Trinajstić information content (AvgIpc) is 3.32. The molecule has 0 atom stereocenters. The Morgan fingerprint density at radius 2 is 1.93 bits per heavy atom. The first-order valence-corrected chi connectivity index (χ1v) is 10.2. The van der Waals surface area contributed by atoms with Crippen molar-refractivity contribution in [2.45, 2.75) is 11.6 Å². The summed E-state index contributed by atoms with van der Waals surface area (Å²) in [5, 5.41) is 9.55. The molecular formula is C21H17N3O4S. The van der Waals surface area contributed by atoms with E-state index in [-0.39, 0.29) is 11.5 Å². The van der Waals surface area contributed by atoms with Crippen molar-refractivity contribution >= 4 is 28.4 Å². The van der Waals surface area contributed by atoms with Crippen molar-refractivity contribution in [3.05, 3.63) is 54.2 Å². The lowest BCUT2D eigenvalue weighted by Gasteiger charge is -2.08. The fourth-order valence-corrected chi connectivity index (χ4v) is 3.83. The summed E-state index contributed by atoms with van der Waals surface area (Å²) >= 11 is 1.22. The molecule has 29 heavy (non-hydrogen) atoms. The van der Waals surface area contributed by atoms with E-state index in [4.69, 9.17) is 13.9 Å². The number of nitrogens with zero attached hydrogens (tertiary/aromatic N) is 2. The second kappa shape index (κ2) is 7.63. The summed E-state index contributed by atoms with van der Waals surface area (Å²) in [6.07, 6.45) is 2.67. The van der Waals surface area contributed by atoms with Gasteiger partial charge in [-0.05, 0) is 24.3 Å². The first-order chi connectivity index (χ1) is 14.3. The standard InChI is InChI=1S/C21H17N3O4S/c25-17(13-6-7-18-19(10-13)27-9-3-8-26-18)12-29-21-24-23-20(28-21)15-11-22-16-5-2-1-4-14(15)16/h1-2,4-7,10-11,22H,3,8-9,12H2. The third-order valence-electron chi connectivity index (χ3n) is 4.62. The molecule has 1 aliphatic heterocycles. The molecule has 0 saturated carbocycles. The highest BCUT2D eigenvalue weighted by Crippen LogP contribution is 2.32. The van der Waals surface area contributed by atoms with Gasteiger partial charge in [-0.3, -0.25) is 4.79 Å². The number of carbonyl (C=O) groups is 1. The largest absolute Gasteiger partial charge is 0.490 e. The van der Waals surface area contributed by atoms with Gasteiger partial charge in [-0.15, -0.1) is 10.2 Å². The van der Waals surface area contributed by atoms with Gasteiger partial charge in [-0.25, -0.2) is 0 Å². The normalized spacial score (nSPS) is 13.4. The molecule has 0 spiro atoms. The van der Waals surface area contributed by atoms with E-state index in [0.29, 0.717) is 41.4 Å². The SMILES string of the molecule is O=C(CSc1nnc(-c2c[nH]c3ccccc23)o1)c1ccc2c(c1)OCCCO2. The number of aromatic amines is 1. The van der Waals surface area contributed by atoms with Crippen molar-refractivity contribution in [2.75, 3.05) is 19.0 Å². The molecule has 0 unspecified atom stereocenters. The predicted octanol–water partition coefficient (Wildman–Crippen LogP) is 4.35. The summed E-state index contributed by atoms with van der Waals surface area (Å²) in [5.41, 5.74) is 2.41. The highest BCUT2D eigenvalue weighted by molar-refractivity contribution is 7.99. The van der Waals surface area contributed by atoms with E-state index in [9.17, 15) is 4.79 Å². The third kappa shape index (κ3) is 3.58. The Kier molecular flexibility index (Phi) is 4.69. The van der Waals surface area contributed by atoms with Crippen LogP contribution in [0, 0.1) is 0 Å². The zero-order valence-corrected chi connectivity index (χ0v) is 16.2. The quantitative estimate of drug-likeness (QED) is 0.388. The highest BCUT2D eigenvalue weighted by atomic mass is 32.2. The van der Waals surface area contributed by atoms with Crippen molar-refractivity contribution in [1.29, 1.82) is 0 Å². The molecule has 5 rings (SSSR count). The molecule has 3 heterocycles. The Hall–Kier alpha value is -3.26. The van der Waals surface area contributed by atoms with E-state index in [0.717, 1.165) is 22.9 Å². The van der Waals surface area contributed by atoms with E-state index in [1.807, 2.05) is 30.5 Å². The van der Waals surface area contributed by atoms with Crippen LogP contribution < -0.4 is 9.47 Å². The number of ether oxygens (including phenoxy) is 2. The number of hydrogen-bond acceptors (Lipinski definition) is 7. The molecule has 146 valence electrons. The summed E-state index contributed by atoms with van der Waals surface area (Å²) < 4.78 is 17.0. The van der Waals surface area contributed by atoms with E-state index in [2.05, 4.69) is 15.2 Å². The van der Waals surface area contributed by atoms with E-state index < -0.39 is 0 Å². The molecule has 0 bridgehead atoms. The van der Waals surface area contributed by atoms with E-state index >= 15 is 0 Å². The lowest BCUT2D eigenvalue weighted by atomic mass is 10.1. The fourth-order valence-electron chi connectivity index (χ4n) is 3.17. The summed E-state index contributed by atoms with van der Waals surface area (Å²) in [6.45, 7) is 1.20. The lowest BCUT2D eigenvalue weighted by molar-refractivity contribution is 0.102. The summed E-state index contributed by atoms with van der Waals surface area (Å²) in [4.78, 5) is 15.8. The first-order valence-electron chi connectivity index (χ1n) is 9.23. The van der Waals surface area contributed by atoms with Crippen LogP contribution in [0.15, 0.2) is 58.3 Å². The molecule has 1 N–H and O–H groups in total. The van der Waals surface area contributed by atoms with Gasteiger partial charge in [-0.1, -0.05) is 30.0 Å². The van der Waals surface area contributed by atoms with E-state index in [1.54, 1.807) is 18.2 Å². The molecule has 0 amide bonds. The molecule has 0 aliphatic carbocycles. The molecule has 4 aromatic rings. The van der Waals surface area contributed by atoms with E-state index in [1.165, 1.54) is 11.8 Å². The number of Topliss-reactive ketones (excluding diaryl/α,β-unsaturated/α-hetero) is 1. The molecule has 0 saturated heterocycles. The Morgan fingerprint density at radius 1 is 1.07 bits per heavy atom. The van der Waals surface area contributed by atoms with Gasteiger partial charge in [0.05, 0.1) is 24.5 Å². The number of thioether (sulfide) groups is 1. The topological polar surface area (TPSA) is 90.2 Å². The lowest BCUT2D eigenvalue weighted by Crippen LogP contribution is -2.03. The van der Waals surface area contributed by atoms with Crippen molar-refractivity contribution in [3.8, 4) is 23.0 Å². The average molecular weight is 407 g/mol. The second-order valence-corrected chi connectivity index (χ2v) is 7.47. The first kappa shape index (κ1) is 17.8. The molecule has 0 radical (unpaired) electrons. The number of aromatic nitrogens is 3. The van der Waals surface area contributed by atoms with Crippen LogP contribution in [0.5, 0.6) is 11.5 Å². The van der Waals surface area contributed by atoms with Crippen LogP contribution in [0.1, 0.15) is 16.8 Å². The number of para-hydroxylation sites is 1. The maximum absolute atomic E-state index is 12.6. The monoisotopic (exact) mass is 407 g/mol. The summed E-state index contributed by atoms with van der Waals surface area (Å²) in [6, 6.07) is 13.2. The number of nitrogens with one attached hydrogen (secondary N) is 1. The minimum absolute atomic E-state index is 0.0440. The number of fused-ring (bicyclic) bond motifs is 2. The van der Waals surface area contributed by atoms with Gasteiger partial charge in [0.1, 0.15) is 0 Å². The van der Waals surface area contributed by atoms with Gasteiger partial charge in [0.25, 0.3) is 11.1 Å². The Bertz CT molecular complexity index is 1180. The minimum Gasteiger partial charge on any atom is -0.490 e. The highest BCUT2D eigenvalue weighted by Gasteiger charge is 2.17. The molecule has 0 fully saturated rings. The Morgan fingerprint density at radius 3 is 2.86 bits per heavy atom. The van der Waals surface area contributed by atoms with Crippen molar-refractivity contribution in [2.24, 2.45) is 0 Å². The molecule has 1 aliphatic rings. The van der Waals surface area contributed by atoms with Crippen LogP contribution in [-0.4, -0.2) is 39.9 Å². The van der Waals surface area contributed by atoms with Crippen LogP contribution >= 0.6 is 11.8 Å². The van der Waals surface area contributed by atoms with Crippen molar-refractivity contribution < 1.29 is 18.7 Å². The van der Waals surface area contributed by atoms with Gasteiger partial charge in [0.2, 0.25) is 0 Å². The molecule has 7 nitrogen and oxygen atoms in total. The van der Waals surface area contributed by atoms with Crippen LogP contribution in [-0.2, 0) is 0 Å². The summed E-state index contributed by atoms with van der Waals surface area (Å²) in [7, 11) is 0. The second-order valence-electron chi connectivity index (χ2n) is 6.54. The number of benzene rings is 2. The Balaban J connectivity index is 1.28. The van der Waals surface area contributed by atoms with Crippen LogP contribution in [0.4, 0.5) is 0 Å². The van der Waals surface area contributed by atoms with Gasteiger partial charge < -0.3 is 18.9 Å². The van der Waals surface area contributed by atoms with Gasteiger partial charge in [0, 0.05) is 29.1 Å². The van der Waals surface area contributed by atoms with Crippen LogP contribution in [0.25, 0.3) is 22.4 Å². The van der Waals surface area contributed by atoms with Crippen molar-refractivity contribution in [1.82, 2.24) is 15.2 Å². The zero-order chi connectivity index (χ0) is 19.6. The van der Waals surface area contributed by atoms with Gasteiger partial charge in [0.15, 0.2) is 17.3 Å². The number of carbonyl (C=O) groups excluding carboxylic acids is 1. The maximum Gasteiger partial charge on any atom is 0.277 e. The number of hydrogen-bond donors (Lipinski definition) is 1. The number of ketones is 1. The predicted molar refractivity (Wildman–Crippen MR) is 109 cm³/mol. The molecule has 2 aromatic carbocycles. The molecule has 8 heteroatoms. The minimum atomic E-state index is -0.0440. The molecular weight excluding hydrogens is 390 g/mol. The zero-order valence-electron chi connectivity index (χ0n) is 15.4. The van der Waals surface area contributed by atoms with Gasteiger partial charge in [-0.2, -0.15) is 0 Å². The maximum atomic E-state index is 12.6. The number of H-pyrrole nitrogens is 1. The van der Waals surface area contributed by atoms with Crippen LogP contribution in [0.2, 0.25) is 0 Å². The Labute approximate surface area is 170 Å².